The summed E-state index contributed by atoms with van der Waals surface area (Å²) < 4.78 is 0. The monoisotopic (exact) mass is 271 g/mol. The molecular formula is C16H21N3O. The normalized spacial score (nSPS) is 19.4. The Morgan fingerprint density at radius 1 is 1.35 bits per heavy atom. The van der Waals surface area contributed by atoms with E-state index in [9.17, 15) is 4.79 Å². The highest BCUT2D eigenvalue weighted by Gasteiger charge is 2.27. The Labute approximate surface area is 118 Å². The van der Waals surface area contributed by atoms with E-state index in [2.05, 4.69) is 4.98 Å². The molecule has 0 radical (unpaired) electrons. The third kappa shape index (κ3) is 2.43. The smallest absolute Gasteiger partial charge is 0.270 e. The van der Waals surface area contributed by atoms with Crippen LogP contribution in [0.5, 0.6) is 0 Å². The van der Waals surface area contributed by atoms with Crippen molar-refractivity contribution in [2.24, 2.45) is 5.73 Å². The second-order valence-corrected chi connectivity index (χ2v) is 5.50. The highest BCUT2D eigenvalue weighted by Crippen LogP contribution is 2.23. The van der Waals surface area contributed by atoms with Crippen LogP contribution in [0.15, 0.2) is 30.3 Å². The molecule has 20 heavy (non-hydrogen) atoms. The molecule has 1 amide bonds. The number of amides is 1. The van der Waals surface area contributed by atoms with Crippen molar-refractivity contribution in [3.63, 3.8) is 0 Å². The maximum atomic E-state index is 12.7. The summed E-state index contributed by atoms with van der Waals surface area (Å²) in [5, 5.41) is 1.09. The minimum Gasteiger partial charge on any atom is -0.351 e. The Morgan fingerprint density at radius 2 is 2.20 bits per heavy atom. The number of nitrogens with one attached hydrogen (secondary N) is 1. The van der Waals surface area contributed by atoms with Crippen LogP contribution >= 0.6 is 0 Å². The summed E-state index contributed by atoms with van der Waals surface area (Å²) in [6.45, 7) is 1.49. The second-order valence-electron chi connectivity index (χ2n) is 5.50. The lowest BCUT2D eigenvalue weighted by molar-refractivity contribution is 0.0600. The van der Waals surface area contributed by atoms with Crippen LogP contribution in [-0.2, 0) is 0 Å². The molecule has 0 bridgehead atoms. The molecule has 0 saturated carbocycles. The Bertz CT molecular complexity index is 570. The number of hydrogen-bond donors (Lipinski definition) is 2. The first kappa shape index (κ1) is 13.2. The van der Waals surface area contributed by atoms with Crippen molar-refractivity contribution >= 4 is 16.8 Å². The second kappa shape index (κ2) is 5.67. The molecule has 106 valence electrons. The number of nitrogens with two attached hydrogens (primary N) is 1. The zero-order valence-electron chi connectivity index (χ0n) is 11.6. The Morgan fingerprint density at radius 3 is 3.00 bits per heavy atom. The van der Waals surface area contributed by atoms with Gasteiger partial charge in [0.2, 0.25) is 0 Å². The van der Waals surface area contributed by atoms with Gasteiger partial charge in [0, 0.05) is 23.5 Å². The number of piperidine rings is 1. The number of likely N-dealkylation sites (tertiary alicyclic amines) is 1. The number of carbonyl (C=O) groups is 1. The third-order valence-corrected chi connectivity index (χ3v) is 4.15. The van der Waals surface area contributed by atoms with Crippen molar-refractivity contribution in [3.8, 4) is 0 Å². The molecule has 1 fully saturated rings. The van der Waals surface area contributed by atoms with Gasteiger partial charge in [-0.2, -0.15) is 0 Å². The largest absolute Gasteiger partial charge is 0.351 e. The average molecular weight is 271 g/mol. The standard InChI is InChI=1S/C16H21N3O/c17-9-8-13-6-3-4-10-19(13)16(20)15-11-12-5-1-2-7-14(12)18-15/h1-2,5,7,11,13,18H,3-4,6,8-10,17H2. The van der Waals surface area contributed by atoms with Crippen molar-refractivity contribution < 1.29 is 4.79 Å². The van der Waals surface area contributed by atoms with Crippen LogP contribution < -0.4 is 5.73 Å². The number of rotatable bonds is 3. The van der Waals surface area contributed by atoms with Gasteiger partial charge >= 0.3 is 0 Å². The number of para-hydroxylation sites is 1. The van der Waals surface area contributed by atoms with Crippen LogP contribution in [0.25, 0.3) is 10.9 Å². The Hall–Kier alpha value is -1.81. The molecule has 1 atom stereocenters. The minimum atomic E-state index is 0.111. The number of nitrogens with zero attached hydrogens (tertiary/aromatic N) is 1. The number of fused-ring (bicyclic) bond motifs is 1. The molecule has 1 unspecified atom stereocenters. The van der Waals surface area contributed by atoms with E-state index in [1.165, 1.54) is 6.42 Å². The molecule has 2 aromatic rings. The van der Waals surface area contributed by atoms with Crippen LogP contribution in [0.3, 0.4) is 0 Å². The van der Waals surface area contributed by atoms with Crippen LogP contribution in [-0.4, -0.2) is 34.9 Å². The number of aromatic amines is 1. The first-order valence-electron chi connectivity index (χ1n) is 7.38. The average Bonchev–Trinajstić information content (AvgIpc) is 2.91. The fourth-order valence-corrected chi connectivity index (χ4v) is 3.10. The minimum absolute atomic E-state index is 0.111. The molecule has 3 rings (SSSR count). The number of H-pyrrole nitrogens is 1. The predicted octanol–water partition coefficient (Wildman–Crippen LogP) is 2.51. The van der Waals surface area contributed by atoms with E-state index >= 15 is 0 Å². The fourth-order valence-electron chi connectivity index (χ4n) is 3.10. The molecule has 2 heterocycles. The van der Waals surface area contributed by atoms with E-state index in [0.717, 1.165) is 36.7 Å². The zero-order chi connectivity index (χ0) is 13.9. The number of aromatic nitrogens is 1. The quantitative estimate of drug-likeness (QED) is 0.901. The highest BCUT2D eigenvalue weighted by molar-refractivity contribution is 5.98. The Kier molecular flexibility index (Phi) is 3.74. The van der Waals surface area contributed by atoms with Gasteiger partial charge in [0.15, 0.2) is 0 Å². The van der Waals surface area contributed by atoms with Crippen molar-refractivity contribution in [1.29, 1.82) is 0 Å². The van der Waals surface area contributed by atoms with Crippen LogP contribution in [0.2, 0.25) is 0 Å². The summed E-state index contributed by atoms with van der Waals surface area (Å²) in [4.78, 5) is 17.9. The first-order chi connectivity index (χ1) is 9.79. The molecule has 1 aromatic carbocycles. The lowest BCUT2D eigenvalue weighted by Gasteiger charge is -2.35. The first-order valence-corrected chi connectivity index (χ1v) is 7.38. The maximum Gasteiger partial charge on any atom is 0.270 e. The van der Waals surface area contributed by atoms with E-state index in [-0.39, 0.29) is 5.91 Å². The summed E-state index contributed by atoms with van der Waals surface area (Å²) >= 11 is 0. The number of hydrogen-bond acceptors (Lipinski definition) is 2. The van der Waals surface area contributed by atoms with Gasteiger partial charge in [0.05, 0.1) is 0 Å². The summed E-state index contributed by atoms with van der Waals surface area (Å²) in [6.07, 6.45) is 4.25. The topological polar surface area (TPSA) is 62.1 Å². The third-order valence-electron chi connectivity index (χ3n) is 4.15. The van der Waals surface area contributed by atoms with Gasteiger partial charge in [0.25, 0.3) is 5.91 Å². The molecule has 1 saturated heterocycles. The molecule has 0 aliphatic carbocycles. The molecule has 1 aliphatic rings. The molecule has 1 aromatic heterocycles. The SMILES string of the molecule is NCCC1CCCCN1C(=O)c1cc2ccccc2[nH]1. The van der Waals surface area contributed by atoms with Gasteiger partial charge in [-0.1, -0.05) is 18.2 Å². The lowest BCUT2D eigenvalue weighted by Crippen LogP contribution is -2.44. The van der Waals surface area contributed by atoms with Gasteiger partial charge in [-0.15, -0.1) is 0 Å². The number of benzene rings is 1. The van der Waals surface area contributed by atoms with Crippen molar-refractivity contribution in [2.75, 3.05) is 13.1 Å². The van der Waals surface area contributed by atoms with Crippen molar-refractivity contribution in [3.05, 3.63) is 36.0 Å². The maximum absolute atomic E-state index is 12.7. The lowest BCUT2D eigenvalue weighted by atomic mass is 9.99. The summed E-state index contributed by atoms with van der Waals surface area (Å²) in [5.74, 6) is 0.111. The van der Waals surface area contributed by atoms with Gasteiger partial charge in [-0.25, -0.2) is 0 Å². The van der Waals surface area contributed by atoms with E-state index < -0.39 is 0 Å². The van der Waals surface area contributed by atoms with E-state index in [4.69, 9.17) is 5.73 Å². The summed E-state index contributed by atoms with van der Waals surface area (Å²) in [5.41, 5.74) is 7.38. The zero-order valence-corrected chi connectivity index (χ0v) is 11.6. The summed E-state index contributed by atoms with van der Waals surface area (Å²) in [7, 11) is 0. The molecular weight excluding hydrogens is 250 g/mol. The predicted molar refractivity (Wildman–Crippen MR) is 80.6 cm³/mol. The van der Waals surface area contributed by atoms with Gasteiger partial charge < -0.3 is 15.6 Å². The molecule has 0 spiro atoms. The fraction of sp³-hybridized carbons (Fsp3) is 0.438. The van der Waals surface area contributed by atoms with Gasteiger partial charge in [0.1, 0.15) is 5.69 Å². The molecule has 4 nitrogen and oxygen atoms in total. The van der Waals surface area contributed by atoms with Crippen LogP contribution in [0.1, 0.15) is 36.2 Å². The van der Waals surface area contributed by atoms with E-state index in [1.54, 1.807) is 0 Å². The van der Waals surface area contributed by atoms with Crippen LogP contribution in [0, 0.1) is 0 Å². The summed E-state index contributed by atoms with van der Waals surface area (Å²) in [6, 6.07) is 10.2. The number of carbonyl (C=O) groups excluding carboxylic acids is 1. The molecule has 4 heteroatoms. The highest BCUT2D eigenvalue weighted by atomic mass is 16.2. The Balaban J connectivity index is 1.86. The molecule has 3 N–H and O–H groups in total. The van der Waals surface area contributed by atoms with Gasteiger partial charge in [-0.3, -0.25) is 4.79 Å². The van der Waals surface area contributed by atoms with Crippen molar-refractivity contribution in [1.82, 2.24) is 9.88 Å². The molecule has 1 aliphatic heterocycles. The van der Waals surface area contributed by atoms with Crippen LogP contribution in [0.4, 0.5) is 0 Å². The van der Waals surface area contributed by atoms with Gasteiger partial charge in [-0.05, 0) is 44.4 Å². The van der Waals surface area contributed by atoms with Crippen molar-refractivity contribution in [2.45, 2.75) is 31.7 Å². The van der Waals surface area contributed by atoms with E-state index in [0.29, 0.717) is 18.3 Å². The van der Waals surface area contributed by atoms with E-state index in [1.807, 2.05) is 35.2 Å².